The zero-order chi connectivity index (χ0) is 18.4. The van der Waals surface area contributed by atoms with Gasteiger partial charge in [-0.05, 0) is 26.3 Å². The maximum Gasteiger partial charge on any atom is 0.391 e. The molecule has 9 heteroatoms. The van der Waals surface area contributed by atoms with E-state index in [-0.39, 0.29) is 37.7 Å². The molecule has 2 rings (SSSR count). The van der Waals surface area contributed by atoms with Crippen LogP contribution in [0.15, 0.2) is 0 Å². The maximum absolute atomic E-state index is 12.8. The predicted molar refractivity (Wildman–Crippen MR) is 84.8 cm³/mol. The molecule has 6 nitrogen and oxygen atoms in total. The fraction of sp³-hybridized carbons (Fsp3) is 0.875. The van der Waals surface area contributed by atoms with Gasteiger partial charge in [-0.25, -0.2) is 0 Å². The van der Waals surface area contributed by atoms with E-state index in [2.05, 4.69) is 5.32 Å². The van der Waals surface area contributed by atoms with E-state index >= 15 is 0 Å². The Balaban J connectivity index is 1.72. The van der Waals surface area contributed by atoms with E-state index in [1.807, 2.05) is 0 Å². The summed E-state index contributed by atoms with van der Waals surface area (Å²) in [7, 11) is 1.65. The number of hydrogen-bond acceptors (Lipinski definition) is 4. The number of carbonyl (C=O) groups excluding carboxylic acids is 2. The molecule has 0 aromatic rings. The molecule has 0 spiro atoms. The van der Waals surface area contributed by atoms with Crippen LogP contribution in [-0.4, -0.2) is 80.3 Å². The highest BCUT2D eigenvalue weighted by Crippen LogP contribution is 2.37. The zero-order valence-corrected chi connectivity index (χ0v) is 14.5. The Kier molecular flexibility index (Phi) is 7.06. The summed E-state index contributed by atoms with van der Waals surface area (Å²) in [5.74, 6) is -1.76. The Bertz CT molecular complexity index is 467. The molecule has 2 amide bonds. The van der Waals surface area contributed by atoms with Crippen molar-refractivity contribution in [1.82, 2.24) is 15.1 Å². The van der Waals surface area contributed by atoms with Gasteiger partial charge in [-0.3, -0.25) is 14.5 Å². The van der Waals surface area contributed by atoms with E-state index in [4.69, 9.17) is 4.74 Å². The van der Waals surface area contributed by atoms with Crippen molar-refractivity contribution < 1.29 is 27.5 Å². The van der Waals surface area contributed by atoms with E-state index in [1.54, 1.807) is 16.8 Å². The quantitative estimate of drug-likeness (QED) is 0.790. The minimum atomic E-state index is -4.20. The first-order chi connectivity index (χ1) is 11.8. The smallest absolute Gasteiger partial charge is 0.378 e. The van der Waals surface area contributed by atoms with Crippen molar-refractivity contribution >= 4 is 11.8 Å². The lowest BCUT2D eigenvalue weighted by Crippen LogP contribution is -2.48. The van der Waals surface area contributed by atoms with E-state index < -0.39 is 18.1 Å². The Morgan fingerprint density at radius 1 is 1.20 bits per heavy atom. The maximum atomic E-state index is 12.8. The van der Waals surface area contributed by atoms with Crippen LogP contribution in [0.5, 0.6) is 0 Å². The molecule has 2 atom stereocenters. The van der Waals surface area contributed by atoms with Crippen molar-refractivity contribution in [2.45, 2.75) is 37.9 Å². The van der Waals surface area contributed by atoms with E-state index in [0.29, 0.717) is 39.1 Å². The standard InChI is InChI=1S/C16H26F3N3O3/c1-21(11-15(24)22-5-7-25-8-6-22)10-14(23)20-13-4-2-3-12(9-13)16(17,18)19/h12-13H,2-11H2,1H3,(H,20,23). The van der Waals surface area contributed by atoms with Crippen LogP contribution in [0, 0.1) is 5.92 Å². The Hall–Kier alpha value is -1.35. The molecule has 1 aliphatic carbocycles. The third kappa shape index (κ3) is 6.47. The average molecular weight is 365 g/mol. The molecule has 1 saturated carbocycles. The van der Waals surface area contributed by atoms with Crippen molar-refractivity contribution in [3.8, 4) is 0 Å². The van der Waals surface area contributed by atoms with Gasteiger partial charge in [0.1, 0.15) is 0 Å². The molecule has 0 aromatic carbocycles. The number of nitrogens with one attached hydrogen (secondary N) is 1. The minimum Gasteiger partial charge on any atom is -0.378 e. The first kappa shape index (κ1) is 20.0. The number of ether oxygens (including phenoxy) is 1. The fourth-order valence-corrected chi connectivity index (χ4v) is 3.34. The number of nitrogens with zero attached hydrogens (tertiary/aromatic N) is 2. The molecule has 2 unspecified atom stereocenters. The SMILES string of the molecule is CN(CC(=O)NC1CCCC(C(F)(F)F)C1)CC(=O)N1CCOCC1. The lowest BCUT2D eigenvalue weighted by molar-refractivity contribution is -0.184. The molecule has 2 aliphatic rings. The first-order valence-electron chi connectivity index (χ1n) is 8.66. The van der Waals surface area contributed by atoms with Crippen molar-refractivity contribution in [2.75, 3.05) is 46.4 Å². The van der Waals surface area contributed by atoms with Gasteiger partial charge < -0.3 is 15.0 Å². The van der Waals surface area contributed by atoms with E-state index in [9.17, 15) is 22.8 Å². The molecule has 1 saturated heterocycles. The molecular weight excluding hydrogens is 339 g/mol. The second-order valence-electron chi connectivity index (χ2n) is 6.84. The van der Waals surface area contributed by atoms with Crippen molar-refractivity contribution in [1.29, 1.82) is 0 Å². The molecule has 1 aliphatic heterocycles. The number of hydrogen-bond donors (Lipinski definition) is 1. The summed E-state index contributed by atoms with van der Waals surface area (Å²) in [5, 5.41) is 2.68. The molecule has 1 heterocycles. The summed E-state index contributed by atoms with van der Waals surface area (Å²) >= 11 is 0. The number of carbonyl (C=O) groups is 2. The minimum absolute atomic E-state index is 0.0107. The van der Waals surface area contributed by atoms with Crippen LogP contribution in [0.2, 0.25) is 0 Å². The van der Waals surface area contributed by atoms with Gasteiger partial charge in [0.15, 0.2) is 0 Å². The molecule has 0 aromatic heterocycles. The highest BCUT2D eigenvalue weighted by atomic mass is 19.4. The number of likely N-dealkylation sites (N-methyl/N-ethyl adjacent to an activating group) is 1. The third-order valence-electron chi connectivity index (χ3n) is 4.68. The highest BCUT2D eigenvalue weighted by molar-refractivity contribution is 5.81. The number of alkyl halides is 3. The molecule has 25 heavy (non-hydrogen) atoms. The van der Waals surface area contributed by atoms with Gasteiger partial charge in [0.25, 0.3) is 0 Å². The molecule has 0 bridgehead atoms. The average Bonchev–Trinajstić information content (AvgIpc) is 2.54. The second kappa shape index (κ2) is 8.84. The van der Waals surface area contributed by atoms with Gasteiger partial charge >= 0.3 is 6.18 Å². The summed E-state index contributed by atoms with van der Waals surface area (Å²) in [6, 6.07) is -0.448. The van der Waals surface area contributed by atoms with Gasteiger partial charge in [0.05, 0.1) is 32.2 Å². The number of amides is 2. The van der Waals surface area contributed by atoms with Crippen LogP contribution in [0.3, 0.4) is 0 Å². The Morgan fingerprint density at radius 2 is 1.88 bits per heavy atom. The van der Waals surface area contributed by atoms with Crippen LogP contribution >= 0.6 is 0 Å². The topological polar surface area (TPSA) is 61.9 Å². The van der Waals surface area contributed by atoms with Crippen molar-refractivity contribution in [3.05, 3.63) is 0 Å². The largest absolute Gasteiger partial charge is 0.391 e. The van der Waals surface area contributed by atoms with Crippen molar-refractivity contribution in [3.63, 3.8) is 0 Å². The molecule has 144 valence electrons. The van der Waals surface area contributed by atoms with Crippen LogP contribution in [0.25, 0.3) is 0 Å². The summed E-state index contributed by atoms with van der Waals surface area (Å²) < 4.78 is 43.6. The van der Waals surface area contributed by atoms with E-state index in [1.165, 1.54) is 0 Å². The zero-order valence-electron chi connectivity index (χ0n) is 14.5. The number of halogens is 3. The van der Waals surface area contributed by atoms with Gasteiger partial charge in [-0.2, -0.15) is 13.2 Å². The molecule has 1 N–H and O–H groups in total. The summed E-state index contributed by atoms with van der Waals surface area (Å²) in [6.45, 7) is 2.20. The van der Waals surface area contributed by atoms with Crippen LogP contribution in [-0.2, 0) is 14.3 Å². The lowest BCUT2D eigenvalue weighted by atomic mass is 9.85. The normalized spacial score (nSPS) is 25.1. The van der Waals surface area contributed by atoms with Gasteiger partial charge in [0.2, 0.25) is 11.8 Å². The summed E-state index contributed by atoms with van der Waals surface area (Å²) in [6.07, 6.45) is -3.12. The van der Waals surface area contributed by atoms with Crippen molar-refractivity contribution in [2.24, 2.45) is 5.92 Å². The first-order valence-corrected chi connectivity index (χ1v) is 8.66. The second-order valence-corrected chi connectivity index (χ2v) is 6.84. The number of morpholine rings is 1. The predicted octanol–water partition coefficient (Wildman–Crippen LogP) is 1.01. The summed E-state index contributed by atoms with van der Waals surface area (Å²) in [4.78, 5) is 27.4. The van der Waals surface area contributed by atoms with Crippen LogP contribution in [0.1, 0.15) is 25.7 Å². The molecular formula is C16H26F3N3O3. The Morgan fingerprint density at radius 3 is 2.52 bits per heavy atom. The molecule has 2 fully saturated rings. The third-order valence-corrected chi connectivity index (χ3v) is 4.68. The van der Waals surface area contributed by atoms with Gasteiger partial charge in [0, 0.05) is 19.1 Å². The van der Waals surface area contributed by atoms with Gasteiger partial charge in [-0.1, -0.05) is 6.42 Å². The Labute approximate surface area is 145 Å². The summed E-state index contributed by atoms with van der Waals surface area (Å²) in [5.41, 5.74) is 0. The lowest BCUT2D eigenvalue weighted by Gasteiger charge is -2.31. The highest BCUT2D eigenvalue weighted by Gasteiger charge is 2.42. The number of rotatable bonds is 5. The fourth-order valence-electron chi connectivity index (χ4n) is 3.34. The molecule has 0 radical (unpaired) electrons. The van der Waals surface area contributed by atoms with Crippen LogP contribution < -0.4 is 5.32 Å². The van der Waals surface area contributed by atoms with E-state index in [0.717, 1.165) is 0 Å². The monoisotopic (exact) mass is 365 g/mol. The van der Waals surface area contributed by atoms with Gasteiger partial charge in [-0.15, -0.1) is 0 Å². The van der Waals surface area contributed by atoms with Crippen LogP contribution in [0.4, 0.5) is 13.2 Å².